The highest BCUT2D eigenvalue weighted by Gasteiger charge is 1.99. The molecule has 0 radical (unpaired) electrons. The first-order chi connectivity index (χ1) is 5.11. The van der Waals surface area contributed by atoms with Crippen LogP contribution in [0.25, 0.3) is 0 Å². The van der Waals surface area contributed by atoms with Gasteiger partial charge in [0.05, 0.1) is 5.57 Å². The standard InChI is InChI=1S/C8H9FN2/c1-6(11-3)4-8(5-10)7(2)9/h4H,2H2,1,3H3/b8-4-,11-6?. The molecule has 0 unspecified atom stereocenters. The van der Waals surface area contributed by atoms with Crippen LogP contribution in [0.4, 0.5) is 4.39 Å². The smallest absolute Gasteiger partial charge is 0.133 e. The fraction of sp³-hybridized carbons (Fsp3) is 0.250. The lowest BCUT2D eigenvalue weighted by atomic mass is 10.2. The predicted octanol–water partition coefficient (Wildman–Crippen LogP) is 2.01. The summed E-state index contributed by atoms with van der Waals surface area (Å²) in [6.07, 6.45) is 1.35. The zero-order valence-electron chi connectivity index (χ0n) is 6.56. The minimum Gasteiger partial charge on any atom is -0.293 e. The molecule has 0 bridgehead atoms. The minimum absolute atomic E-state index is 0.0758. The summed E-state index contributed by atoms with van der Waals surface area (Å²) >= 11 is 0. The molecule has 0 atom stereocenters. The fourth-order valence-corrected chi connectivity index (χ4v) is 0.445. The van der Waals surface area contributed by atoms with Gasteiger partial charge in [-0.3, -0.25) is 4.99 Å². The lowest BCUT2D eigenvalue weighted by Gasteiger charge is -1.91. The van der Waals surface area contributed by atoms with E-state index in [4.69, 9.17) is 5.26 Å². The van der Waals surface area contributed by atoms with Crippen LogP contribution in [0, 0.1) is 11.3 Å². The van der Waals surface area contributed by atoms with Gasteiger partial charge in [-0.15, -0.1) is 0 Å². The Balaban J connectivity index is 4.67. The highest BCUT2D eigenvalue weighted by atomic mass is 19.1. The predicted molar refractivity (Wildman–Crippen MR) is 43.0 cm³/mol. The molecule has 0 aromatic rings. The van der Waals surface area contributed by atoms with Crippen LogP contribution in [0.15, 0.2) is 29.0 Å². The molecule has 11 heavy (non-hydrogen) atoms. The van der Waals surface area contributed by atoms with Crippen LogP contribution in [0.2, 0.25) is 0 Å². The Kier molecular flexibility index (Phi) is 3.82. The lowest BCUT2D eigenvalue weighted by molar-refractivity contribution is 0.663. The molecule has 0 aromatic carbocycles. The van der Waals surface area contributed by atoms with E-state index in [-0.39, 0.29) is 5.57 Å². The molecule has 0 aromatic heterocycles. The van der Waals surface area contributed by atoms with Crippen LogP contribution in [-0.4, -0.2) is 12.8 Å². The van der Waals surface area contributed by atoms with Crippen molar-refractivity contribution in [3.63, 3.8) is 0 Å². The van der Waals surface area contributed by atoms with E-state index in [0.717, 1.165) is 0 Å². The van der Waals surface area contributed by atoms with Crippen LogP contribution in [-0.2, 0) is 0 Å². The number of aliphatic imine (C=N–C) groups is 1. The Bertz CT molecular complexity index is 256. The van der Waals surface area contributed by atoms with E-state index in [1.165, 1.54) is 6.08 Å². The summed E-state index contributed by atoms with van der Waals surface area (Å²) in [5, 5.41) is 8.37. The highest BCUT2D eigenvalue weighted by Crippen LogP contribution is 2.06. The third-order valence-electron chi connectivity index (χ3n) is 1.12. The van der Waals surface area contributed by atoms with E-state index < -0.39 is 5.83 Å². The molecule has 0 heterocycles. The largest absolute Gasteiger partial charge is 0.293 e. The first kappa shape index (κ1) is 9.57. The Labute approximate surface area is 65.4 Å². The molecule has 0 rings (SSSR count). The second-order valence-electron chi connectivity index (χ2n) is 1.94. The first-order valence-electron chi connectivity index (χ1n) is 3.01. The van der Waals surface area contributed by atoms with Gasteiger partial charge in [-0.1, -0.05) is 6.58 Å². The summed E-state index contributed by atoms with van der Waals surface area (Å²) in [6, 6.07) is 1.67. The minimum atomic E-state index is -0.726. The van der Waals surface area contributed by atoms with E-state index in [0.29, 0.717) is 5.71 Å². The molecule has 3 heteroatoms. The number of nitriles is 1. The lowest BCUT2D eigenvalue weighted by Crippen LogP contribution is -1.87. The maximum atomic E-state index is 12.3. The molecular weight excluding hydrogens is 143 g/mol. The number of halogens is 1. The van der Waals surface area contributed by atoms with Gasteiger partial charge >= 0.3 is 0 Å². The van der Waals surface area contributed by atoms with Gasteiger partial charge in [-0.25, -0.2) is 4.39 Å². The van der Waals surface area contributed by atoms with Crippen molar-refractivity contribution in [3.05, 3.63) is 24.1 Å². The SMILES string of the molecule is C=C(F)/C(C#N)=C\C(C)=NC. The summed E-state index contributed by atoms with van der Waals surface area (Å²) in [5.74, 6) is -0.726. The van der Waals surface area contributed by atoms with E-state index in [9.17, 15) is 4.39 Å². The number of hydrogen-bond donors (Lipinski definition) is 0. The number of allylic oxidation sites excluding steroid dienone is 3. The van der Waals surface area contributed by atoms with Crippen LogP contribution >= 0.6 is 0 Å². The fourth-order valence-electron chi connectivity index (χ4n) is 0.445. The Hall–Kier alpha value is -1.43. The topological polar surface area (TPSA) is 36.1 Å². The number of rotatable bonds is 2. The van der Waals surface area contributed by atoms with Crippen LogP contribution in [0.1, 0.15) is 6.92 Å². The normalized spacial score (nSPS) is 12.5. The van der Waals surface area contributed by atoms with E-state index in [1.807, 2.05) is 0 Å². The third-order valence-corrected chi connectivity index (χ3v) is 1.12. The monoisotopic (exact) mass is 152 g/mol. The molecule has 0 saturated carbocycles. The van der Waals surface area contributed by atoms with Gasteiger partial charge in [0.25, 0.3) is 0 Å². The zero-order chi connectivity index (χ0) is 8.85. The molecule has 0 aliphatic rings. The van der Waals surface area contributed by atoms with Crippen molar-refractivity contribution < 1.29 is 4.39 Å². The second kappa shape index (κ2) is 4.40. The maximum Gasteiger partial charge on any atom is 0.133 e. The quantitative estimate of drug-likeness (QED) is 0.338. The van der Waals surface area contributed by atoms with Crippen LogP contribution in [0.5, 0.6) is 0 Å². The Morgan fingerprint density at radius 1 is 1.73 bits per heavy atom. The molecule has 0 fully saturated rings. The molecule has 0 spiro atoms. The molecule has 0 aliphatic carbocycles. The maximum absolute atomic E-state index is 12.3. The Morgan fingerprint density at radius 2 is 2.27 bits per heavy atom. The third kappa shape index (κ3) is 3.31. The van der Waals surface area contributed by atoms with Crippen LogP contribution < -0.4 is 0 Å². The van der Waals surface area contributed by atoms with Gasteiger partial charge < -0.3 is 0 Å². The van der Waals surface area contributed by atoms with Crippen molar-refractivity contribution in [2.45, 2.75) is 6.92 Å². The first-order valence-corrected chi connectivity index (χ1v) is 3.01. The van der Waals surface area contributed by atoms with Gasteiger partial charge in [0, 0.05) is 12.8 Å². The highest BCUT2D eigenvalue weighted by molar-refractivity contribution is 5.94. The molecule has 2 nitrogen and oxygen atoms in total. The van der Waals surface area contributed by atoms with E-state index in [2.05, 4.69) is 11.6 Å². The summed E-state index contributed by atoms with van der Waals surface area (Å²) < 4.78 is 12.3. The number of hydrogen-bond acceptors (Lipinski definition) is 2. The number of nitrogens with zero attached hydrogens (tertiary/aromatic N) is 2. The summed E-state index contributed by atoms with van der Waals surface area (Å²) in [7, 11) is 1.57. The molecule has 0 N–H and O–H groups in total. The molecule has 0 saturated heterocycles. The molecule has 0 aliphatic heterocycles. The van der Waals surface area contributed by atoms with Gasteiger partial charge in [0.1, 0.15) is 11.9 Å². The second-order valence-corrected chi connectivity index (χ2v) is 1.94. The van der Waals surface area contributed by atoms with E-state index >= 15 is 0 Å². The van der Waals surface area contributed by atoms with Crippen molar-refractivity contribution in [1.29, 1.82) is 5.26 Å². The van der Waals surface area contributed by atoms with Gasteiger partial charge in [-0.05, 0) is 13.0 Å². The zero-order valence-corrected chi connectivity index (χ0v) is 6.56. The van der Waals surface area contributed by atoms with Crippen molar-refractivity contribution >= 4 is 5.71 Å². The van der Waals surface area contributed by atoms with Gasteiger partial charge in [0.2, 0.25) is 0 Å². The Morgan fingerprint density at radius 3 is 2.55 bits per heavy atom. The van der Waals surface area contributed by atoms with Crippen molar-refractivity contribution in [2.75, 3.05) is 7.05 Å². The molecule has 0 amide bonds. The molecule has 58 valence electrons. The van der Waals surface area contributed by atoms with Gasteiger partial charge in [-0.2, -0.15) is 5.26 Å². The molecular formula is C8H9FN2. The summed E-state index contributed by atoms with van der Waals surface area (Å²) in [5.41, 5.74) is 0.522. The average Bonchev–Trinajstić information content (AvgIpc) is 1.99. The van der Waals surface area contributed by atoms with Crippen molar-refractivity contribution in [2.24, 2.45) is 4.99 Å². The van der Waals surface area contributed by atoms with Crippen molar-refractivity contribution in [3.8, 4) is 6.07 Å². The van der Waals surface area contributed by atoms with Crippen molar-refractivity contribution in [1.82, 2.24) is 0 Å². The summed E-state index contributed by atoms with van der Waals surface area (Å²) in [4.78, 5) is 3.74. The van der Waals surface area contributed by atoms with Crippen LogP contribution in [0.3, 0.4) is 0 Å². The summed E-state index contributed by atoms with van der Waals surface area (Å²) in [6.45, 7) is 4.68. The average molecular weight is 152 g/mol. The van der Waals surface area contributed by atoms with E-state index in [1.54, 1.807) is 20.0 Å². The van der Waals surface area contributed by atoms with Gasteiger partial charge in [0.15, 0.2) is 0 Å².